The molecule has 0 radical (unpaired) electrons. The minimum atomic E-state index is -0.570. The molecule has 1 aromatic heterocycles. The number of aromatic nitrogens is 2. The van der Waals surface area contributed by atoms with Crippen molar-refractivity contribution >= 4 is 46.8 Å². The van der Waals surface area contributed by atoms with Crippen molar-refractivity contribution in [3.8, 4) is 11.3 Å². The second-order valence-electron chi connectivity index (χ2n) is 16.0. The maximum absolute atomic E-state index is 15.2. The van der Waals surface area contributed by atoms with E-state index in [9.17, 15) is 23.6 Å². The van der Waals surface area contributed by atoms with Gasteiger partial charge in [-0.05, 0) is 88.1 Å². The molecule has 5 aliphatic rings. The molecule has 1 atom stereocenters. The van der Waals surface area contributed by atoms with E-state index in [4.69, 9.17) is 4.74 Å². The fourth-order valence-corrected chi connectivity index (χ4v) is 8.89. The summed E-state index contributed by atoms with van der Waals surface area (Å²) in [7, 11) is 0. The number of rotatable bonds is 9. The molecule has 1 saturated carbocycles. The number of piperidine rings is 3. The smallest absolute Gasteiger partial charge is 0.410 e. The van der Waals surface area contributed by atoms with Crippen molar-refractivity contribution in [1.29, 1.82) is 0 Å². The molecule has 1 aliphatic carbocycles. The quantitative estimate of drug-likeness (QED) is 0.242. The molecule has 3 N–H and O–H groups in total. The van der Waals surface area contributed by atoms with Gasteiger partial charge in [0.05, 0.1) is 11.9 Å². The normalized spacial score (nSPS) is 23.7. The number of imide groups is 1. The van der Waals surface area contributed by atoms with Gasteiger partial charge in [0.15, 0.2) is 5.82 Å². The summed E-state index contributed by atoms with van der Waals surface area (Å²) in [5.41, 5.74) is 2.53. The van der Waals surface area contributed by atoms with Crippen molar-refractivity contribution in [3.05, 3.63) is 60.3 Å². The van der Waals surface area contributed by atoms with Crippen LogP contribution in [0, 0.1) is 11.6 Å². The molecular weight excluding hydrogens is 749 g/mol. The van der Waals surface area contributed by atoms with Gasteiger partial charge in [0.2, 0.25) is 23.7 Å². The molecule has 2 aromatic carbocycles. The summed E-state index contributed by atoms with van der Waals surface area (Å²) in [5.74, 6) is -1.16. The van der Waals surface area contributed by atoms with E-state index in [2.05, 4.69) is 30.8 Å². The number of carbonyl (C=O) groups is 4. The molecule has 16 heteroatoms. The van der Waals surface area contributed by atoms with Crippen LogP contribution in [-0.4, -0.2) is 114 Å². The fraction of sp³-hybridized carbons (Fsp3) is 0.524. The zero-order chi connectivity index (χ0) is 40.2. The molecule has 8 rings (SSSR count). The Morgan fingerprint density at radius 1 is 0.810 bits per heavy atom. The molecule has 3 aromatic rings. The number of anilines is 4. The molecule has 4 aliphatic heterocycles. The Morgan fingerprint density at radius 2 is 1.60 bits per heavy atom. The lowest BCUT2D eigenvalue weighted by atomic mass is 9.93. The second kappa shape index (κ2) is 17.6. The van der Waals surface area contributed by atoms with E-state index in [1.807, 2.05) is 17.0 Å². The van der Waals surface area contributed by atoms with Crippen LogP contribution in [0.3, 0.4) is 0 Å². The zero-order valence-electron chi connectivity index (χ0n) is 32.6. The largest absolute Gasteiger partial charge is 0.446 e. The summed E-state index contributed by atoms with van der Waals surface area (Å²) in [6.45, 7) is 4.84. The van der Waals surface area contributed by atoms with Crippen molar-refractivity contribution in [2.75, 3.05) is 66.2 Å². The van der Waals surface area contributed by atoms with E-state index in [-0.39, 0.29) is 48.0 Å². The Balaban J connectivity index is 0.754. The topological polar surface area (TPSA) is 152 Å². The average Bonchev–Trinajstić information content (AvgIpc) is 3.24. The molecule has 308 valence electrons. The Kier molecular flexibility index (Phi) is 12.0. The van der Waals surface area contributed by atoms with Crippen LogP contribution in [0.15, 0.2) is 48.7 Å². The molecule has 14 nitrogen and oxygen atoms in total. The number of benzene rings is 2. The average molecular weight is 800 g/mol. The molecule has 58 heavy (non-hydrogen) atoms. The number of carbonyl (C=O) groups excluding carboxylic acids is 4. The predicted molar refractivity (Wildman–Crippen MR) is 214 cm³/mol. The SMILES string of the molecule is O=C1CCC(Nc2ccc(N3CCN(C4CCN(C(=O)O[C@H]5CC[C@H](Nc6ncc(F)c(-c7cccc(N8CCCCC8=O)c7)n6)CC5)CC4)CC3)c(F)c2)C(=O)N1. The van der Waals surface area contributed by atoms with E-state index >= 15 is 4.39 Å². The predicted octanol–water partition coefficient (Wildman–Crippen LogP) is 5.30. The number of nitrogens with one attached hydrogen (secondary N) is 3. The van der Waals surface area contributed by atoms with E-state index in [0.717, 1.165) is 57.3 Å². The third-order valence-corrected chi connectivity index (χ3v) is 12.2. The lowest BCUT2D eigenvalue weighted by molar-refractivity contribution is -0.133. The van der Waals surface area contributed by atoms with Crippen molar-refractivity contribution in [3.63, 3.8) is 0 Å². The highest BCUT2D eigenvalue weighted by atomic mass is 19.1. The van der Waals surface area contributed by atoms with Gasteiger partial charge < -0.3 is 30.1 Å². The fourth-order valence-electron chi connectivity index (χ4n) is 8.89. The van der Waals surface area contributed by atoms with Crippen LogP contribution in [0.1, 0.15) is 70.6 Å². The molecule has 0 bridgehead atoms. The Hall–Kier alpha value is -5.38. The minimum absolute atomic E-state index is 0.0552. The second-order valence-corrected chi connectivity index (χ2v) is 16.0. The van der Waals surface area contributed by atoms with Gasteiger partial charge in [-0.3, -0.25) is 24.6 Å². The van der Waals surface area contributed by atoms with E-state index in [1.54, 1.807) is 34.1 Å². The number of nitrogens with zero attached hydrogens (tertiary/aromatic N) is 6. The summed E-state index contributed by atoms with van der Waals surface area (Å²) in [4.78, 5) is 66.0. The maximum Gasteiger partial charge on any atom is 0.410 e. The van der Waals surface area contributed by atoms with Crippen LogP contribution in [0.5, 0.6) is 0 Å². The van der Waals surface area contributed by atoms with Crippen molar-refractivity contribution in [2.24, 2.45) is 0 Å². The number of halogens is 2. The standard InChI is InChI=1S/C42H51F2N9O5/c43-33-25-29(46-35-12-14-37(54)48-40(35)56)9-13-36(33)51-22-20-50(21-23-51)30-15-18-52(19-16-30)42(57)58-32-10-7-28(8-11-32)47-41-45-26-34(44)39(49-41)27-4-3-5-31(24-27)53-17-2-1-6-38(53)55/h3-5,9,13,24-26,28,30,32,35,46H,1-2,6-8,10-12,14-23H2,(H,45,47,49)(H,48,54,56)/t28-,32-,35?. The molecule has 4 amide bonds. The van der Waals surface area contributed by atoms with Gasteiger partial charge in [-0.15, -0.1) is 0 Å². The highest BCUT2D eigenvalue weighted by Crippen LogP contribution is 2.31. The van der Waals surface area contributed by atoms with Crippen molar-refractivity contribution in [2.45, 2.75) is 94.9 Å². The first kappa shape index (κ1) is 39.4. The Labute approximate surface area is 336 Å². The van der Waals surface area contributed by atoms with Gasteiger partial charge in [0.1, 0.15) is 23.7 Å². The summed E-state index contributed by atoms with van der Waals surface area (Å²) in [5, 5.41) is 8.71. The highest BCUT2D eigenvalue weighted by molar-refractivity contribution is 6.01. The number of ether oxygens (including phenoxy) is 1. The van der Waals surface area contributed by atoms with Crippen LogP contribution in [0.2, 0.25) is 0 Å². The summed E-state index contributed by atoms with van der Waals surface area (Å²) in [6.07, 6.45) is 8.29. The zero-order valence-corrected chi connectivity index (χ0v) is 32.6. The van der Waals surface area contributed by atoms with Crippen LogP contribution in [0.25, 0.3) is 11.3 Å². The molecule has 0 spiro atoms. The van der Waals surface area contributed by atoms with E-state index in [0.29, 0.717) is 87.3 Å². The van der Waals surface area contributed by atoms with E-state index in [1.165, 1.54) is 12.3 Å². The van der Waals surface area contributed by atoms with E-state index < -0.39 is 17.8 Å². The third-order valence-electron chi connectivity index (χ3n) is 12.2. The lowest BCUT2D eigenvalue weighted by Crippen LogP contribution is -2.54. The molecule has 4 saturated heterocycles. The van der Waals surface area contributed by atoms with Gasteiger partial charge in [0, 0.05) is 87.7 Å². The summed E-state index contributed by atoms with van der Waals surface area (Å²) in [6, 6.07) is 12.0. The summed E-state index contributed by atoms with van der Waals surface area (Å²) >= 11 is 0. The first-order valence-corrected chi connectivity index (χ1v) is 20.7. The third kappa shape index (κ3) is 9.16. The number of amides is 4. The molecule has 5 fully saturated rings. The molecule has 5 heterocycles. The van der Waals surface area contributed by atoms with Crippen LogP contribution in [-0.2, 0) is 19.1 Å². The van der Waals surface area contributed by atoms with Gasteiger partial charge >= 0.3 is 6.09 Å². The number of hydrogen-bond acceptors (Lipinski definition) is 11. The molecule has 1 unspecified atom stereocenters. The van der Waals surface area contributed by atoms with Gasteiger partial charge in [-0.25, -0.2) is 23.5 Å². The lowest BCUT2D eigenvalue weighted by Gasteiger charge is -2.43. The first-order chi connectivity index (χ1) is 28.2. The van der Waals surface area contributed by atoms with Crippen molar-refractivity contribution in [1.82, 2.24) is 25.1 Å². The first-order valence-electron chi connectivity index (χ1n) is 20.7. The Bertz CT molecular complexity index is 2000. The van der Waals surface area contributed by atoms with Gasteiger partial charge in [0.25, 0.3) is 0 Å². The minimum Gasteiger partial charge on any atom is -0.446 e. The monoisotopic (exact) mass is 799 g/mol. The summed E-state index contributed by atoms with van der Waals surface area (Å²) < 4.78 is 36.1. The van der Waals surface area contributed by atoms with Crippen molar-refractivity contribution < 1.29 is 32.7 Å². The Morgan fingerprint density at radius 3 is 2.34 bits per heavy atom. The maximum atomic E-state index is 15.2. The number of likely N-dealkylation sites (tertiary alicyclic amines) is 1. The molecular formula is C42H51F2N9O5. The van der Waals surface area contributed by atoms with Crippen LogP contribution >= 0.6 is 0 Å². The number of piperazine rings is 1. The van der Waals surface area contributed by atoms with Crippen LogP contribution < -0.4 is 25.8 Å². The van der Waals surface area contributed by atoms with Gasteiger partial charge in [-0.2, -0.15) is 0 Å². The number of hydrogen-bond donors (Lipinski definition) is 3. The van der Waals surface area contributed by atoms with Crippen LogP contribution in [0.4, 0.5) is 36.6 Å². The van der Waals surface area contributed by atoms with Gasteiger partial charge in [-0.1, -0.05) is 12.1 Å². The highest BCUT2D eigenvalue weighted by Gasteiger charge is 2.33.